The van der Waals surface area contributed by atoms with Crippen LogP contribution in [-0.4, -0.2) is 5.33 Å². The fourth-order valence-corrected chi connectivity index (χ4v) is 2.72. The van der Waals surface area contributed by atoms with Crippen LogP contribution in [-0.2, 0) is 13.0 Å². The molecule has 0 bridgehead atoms. The van der Waals surface area contributed by atoms with E-state index < -0.39 is 0 Å². The van der Waals surface area contributed by atoms with E-state index in [1.165, 1.54) is 68.9 Å². The molecule has 0 heterocycles. The molecule has 1 aromatic carbocycles. The minimum atomic E-state index is 0.648. The molecular weight excluding hydrogens is 298 g/mol. The van der Waals surface area contributed by atoms with E-state index in [1.807, 2.05) is 0 Å². The zero-order chi connectivity index (χ0) is 13.8. The second-order valence-electron chi connectivity index (χ2n) is 5.29. The molecule has 0 saturated heterocycles. The second-order valence-corrected chi connectivity index (χ2v) is 6.08. The Morgan fingerprint density at radius 2 is 1.16 bits per heavy atom. The molecule has 2 N–H and O–H groups in total. The van der Waals surface area contributed by atoms with E-state index in [1.54, 1.807) is 0 Å². The van der Waals surface area contributed by atoms with Crippen LogP contribution in [0.4, 0.5) is 0 Å². The number of hydrogen-bond donors (Lipinski definition) is 1. The highest BCUT2D eigenvalue weighted by Gasteiger charge is 1.95. The molecule has 0 radical (unpaired) electrons. The zero-order valence-electron chi connectivity index (χ0n) is 12.0. The molecule has 0 saturated carbocycles. The van der Waals surface area contributed by atoms with Gasteiger partial charge in [-0.05, 0) is 30.4 Å². The Kier molecular flexibility index (Phi) is 10.1. The number of unbranched alkanes of at least 4 members (excludes halogenated alkanes) is 7. The topological polar surface area (TPSA) is 26.0 Å². The van der Waals surface area contributed by atoms with Crippen LogP contribution in [0, 0.1) is 0 Å². The Morgan fingerprint density at radius 1 is 0.684 bits per heavy atom. The number of benzene rings is 1. The van der Waals surface area contributed by atoms with Gasteiger partial charge in [0, 0.05) is 11.9 Å². The summed E-state index contributed by atoms with van der Waals surface area (Å²) < 4.78 is 0. The van der Waals surface area contributed by atoms with Gasteiger partial charge >= 0.3 is 0 Å². The number of rotatable bonds is 11. The summed E-state index contributed by atoms with van der Waals surface area (Å²) in [5.41, 5.74) is 8.28. The van der Waals surface area contributed by atoms with Crippen LogP contribution >= 0.6 is 15.9 Å². The van der Waals surface area contributed by atoms with Crippen molar-refractivity contribution in [3.8, 4) is 0 Å². The average molecular weight is 326 g/mol. The third-order valence-corrected chi connectivity index (χ3v) is 4.17. The quantitative estimate of drug-likeness (QED) is 0.439. The number of halogens is 1. The van der Waals surface area contributed by atoms with Gasteiger partial charge in [-0.2, -0.15) is 0 Å². The predicted molar refractivity (Wildman–Crippen MR) is 88.8 cm³/mol. The summed E-state index contributed by atoms with van der Waals surface area (Å²) in [6.07, 6.45) is 12.3. The molecule has 0 aliphatic rings. The molecule has 0 fully saturated rings. The van der Waals surface area contributed by atoms with Crippen LogP contribution in [0.5, 0.6) is 0 Å². The molecule has 0 amide bonds. The van der Waals surface area contributed by atoms with Gasteiger partial charge in [0.05, 0.1) is 0 Å². The highest BCUT2D eigenvalue weighted by Crippen LogP contribution is 2.12. The molecule has 0 atom stereocenters. The van der Waals surface area contributed by atoms with Crippen LogP contribution in [0.15, 0.2) is 24.3 Å². The van der Waals surface area contributed by atoms with Crippen molar-refractivity contribution in [2.45, 2.75) is 64.3 Å². The third-order valence-electron chi connectivity index (χ3n) is 3.61. The number of nitrogens with two attached hydrogens (primary N) is 1. The summed E-state index contributed by atoms with van der Waals surface area (Å²) in [4.78, 5) is 0. The predicted octanol–water partition coefficient (Wildman–Crippen LogP) is 5.20. The van der Waals surface area contributed by atoms with E-state index in [2.05, 4.69) is 40.2 Å². The monoisotopic (exact) mass is 325 g/mol. The molecule has 1 aromatic rings. The van der Waals surface area contributed by atoms with Crippen LogP contribution in [0.3, 0.4) is 0 Å². The van der Waals surface area contributed by atoms with E-state index in [0.29, 0.717) is 6.54 Å². The highest BCUT2D eigenvalue weighted by molar-refractivity contribution is 9.09. The summed E-state index contributed by atoms with van der Waals surface area (Å²) in [6, 6.07) is 8.75. The van der Waals surface area contributed by atoms with E-state index in [-0.39, 0.29) is 0 Å². The van der Waals surface area contributed by atoms with Gasteiger partial charge in [0.15, 0.2) is 0 Å². The smallest absolute Gasteiger partial charge is 0.0178 e. The normalized spacial score (nSPS) is 10.8. The molecule has 0 spiro atoms. The third kappa shape index (κ3) is 8.43. The highest BCUT2D eigenvalue weighted by atomic mass is 79.9. The van der Waals surface area contributed by atoms with Crippen molar-refractivity contribution in [3.63, 3.8) is 0 Å². The summed E-state index contributed by atoms with van der Waals surface area (Å²) in [7, 11) is 0. The molecule has 19 heavy (non-hydrogen) atoms. The molecule has 1 nitrogen and oxygen atoms in total. The number of hydrogen-bond acceptors (Lipinski definition) is 1. The Morgan fingerprint density at radius 3 is 1.68 bits per heavy atom. The van der Waals surface area contributed by atoms with Crippen molar-refractivity contribution < 1.29 is 0 Å². The van der Waals surface area contributed by atoms with Gasteiger partial charge < -0.3 is 5.73 Å². The van der Waals surface area contributed by atoms with Gasteiger partial charge in [-0.25, -0.2) is 0 Å². The SMILES string of the molecule is NCc1ccc(CCCCCCCCCCBr)cc1. The second kappa shape index (κ2) is 11.5. The zero-order valence-corrected chi connectivity index (χ0v) is 13.6. The fourth-order valence-electron chi connectivity index (χ4n) is 2.33. The van der Waals surface area contributed by atoms with E-state index in [4.69, 9.17) is 5.73 Å². The number of aryl methyl sites for hydroxylation is 1. The first kappa shape index (κ1) is 16.7. The molecule has 0 unspecified atom stereocenters. The van der Waals surface area contributed by atoms with Crippen LogP contribution in [0.1, 0.15) is 62.5 Å². The Labute approximate surface area is 127 Å². The minimum Gasteiger partial charge on any atom is -0.326 e. The Bertz CT molecular complexity index is 308. The molecule has 0 aliphatic heterocycles. The first-order chi connectivity index (χ1) is 9.36. The summed E-state index contributed by atoms with van der Waals surface area (Å²) >= 11 is 3.48. The van der Waals surface area contributed by atoms with Gasteiger partial charge in [-0.3, -0.25) is 0 Å². The van der Waals surface area contributed by atoms with Crippen molar-refractivity contribution in [2.24, 2.45) is 5.73 Å². The van der Waals surface area contributed by atoms with Gasteiger partial charge in [0.25, 0.3) is 0 Å². The lowest BCUT2D eigenvalue weighted by Gasteiger charge is -2.04. The van der Waals surface area contributed by atoms with Crippen molar-refractivity contribution in [1.82, 2.24) is 0 Å². The van der Waals surface area contributed by atoms with E-state index >= 15 is 0 Å². The first-order valence-electron chi connectivity index (χ1n) is 7.70. The molecule has 0 aliphatic carbocycles. The molecular formula is C17H28BrN. The van der Waals surface area contributed by atoms with Crippen LogP contribution in [0.2, 0.25) is 0 Å². The molecule has 0 aromatic heterocycles. The van der Waals surface area contributed by atoms with E-state index in [9.17, 15) is 0 Å². The van der Waals surface area contributed by atoms with Gasteiger partial charge in [0.2, 0.25) is 0 Å². The maximum absolute atomic E-state index is 5.60. The van der Waals surface area contributed by atoms with Gasteiger partial charge in [-0.1, -0.05) is 78.7 Å². The summed E-state index contributed by atoms with van der Waals surface area (Å²) in [5, 5.41) is 1.16. The Hall–Kier alpha value is -0.340. The van der Waals surface area contributed by atoms with Crippen molar-refractivity contribution in [3.05, 3.63) is 35.4 Å². The Balaban J connectivity index is 1.95. The molecule has 2 heteroatoms. The maximum atomic E-state index is 5.60. The largest absolute Gasteiger partial charge is 0.326 e. The fraction of sp³-hybridized carbons (Fsp3) is 0.647. The van der Waals surface area contributed by atoms with Gasteiger partial charge in [0.1, 0.15) is 0 Å². The van der Waals surface area contributed by atoms with Crippen molar-refractivity contribution in [1.29, 1.82) is 0 Å². The average Bonchev–Trinajstić information content (AvgIpc) is 2.46. The molecule has 1 rings (SSSR count). The minimum absolute atomic E-state index is 0.648. The van der Waals surface area contributed by atoms with Crippen LogP contribution in [0.25, 0.3) is 0 Å². The first-order valence-corrected chi connectivity index (χ1v) is 8.83. The van der Waals surface area contributed by atoms with Crippen molar-refractivity contribution in [2.75, 3.05) is 5.33 Å². The number of alkyl halides is 1. The maximum Gasteiger partial charge on any atom is 0.0178 e. The lowest BCUT2D eigenvalue weighted by molar-refractivity contribution is 0.577. The van der Waals surface area contributed by atoms with Crippen molar-refractivity contribution >= 4 is 15.9 Å². The standard InChI is InChI=1S/C17H28BrN/c18-14-8-6-4-2-1-3-5-7-9-16-10-12-17(15-19)13-11-16/h10-13H,1-9,14-15,19H2. The van der Waals surface area contributed by atoms with E-state index in [0.717, 1.165) is 5.33 Å². The molecule has 108 valence electrons. The van der Waals surface area contributed by atoms with Crippen LogP contribution < -0.4 is 5.73 Å². The lowest BCUT2D eigenvalue weighted by Crippen LogP contribution is -1.96. The van der Waals surface area contributed by atoms with Gasteiger partial charge in [-0.15, -0.1) is 0 Å². The summed E-state index contributed by atoms with van der Waals surface area (Å²) in [6.45, 7) is 0.648. The lowest BCUT2D eigenvalue weighted by atomic mass is 10.0. The summed E-state index contributed by atoms with van der Waals surface area (Å²) in [5.74, 6) is 0.